The number of ether oxygens (including phenoxy) is 1. The number of nitrogens with two attached hydrogens (primary N) is 3. The summed E-state index contributed by atoms with van der Waals surface area (Å²) in [4.78, 5) is 183. The number of carbonyl (C=O) groups is 13. The Morgan fingerprint density at radius 1 is 0.675 bits per heavy atom. The van der Waals surface area contributed by atoms with Crippen molar-refractivity contribution in [3.63, 3.8) is 0 Å². The Morgan fingerprint density at radius 3 is 1.81 bits per heavy atom. The van der Waals surface area contributed by atoms with E-state index in [1.165, 1.54) is 19.1 Å². The number of hydrogen-bond donors (Lipinski definition) is 12. The van der Waals surface area contributed by atoms with Crippen molar-refractivity contribution >= 4 is 77.0 Å². The van der Waals surface area contributed by atoms with Gasteiger partial charge in [0, 0.05) is 26.9 Å². The number of unbranched alkanes of at least 4 members (excludes halogenated alkanes) is 7. The summed E-state index contributed by atoms with van der Waals surface area (Å²) in [6.07, 6.45) is -0.478. The average Bonchev–Trinajstić information content (AvgIpc) is 3.61. The van der Waals surface area contributed by atoms with Crippen molar-refractivity contribution in [2.75, 3.05) is 27.3 Å². The molecule has 15 N–H and O–H groups in total. The summed E-state index contributed by atoms with van der Waals surface area (Å²) < 4.78 is 5.43. The normalized spacial score (nSPS) is 24.5. The van der Waals surface area contributed by atoms with Gasteiger partial charge >= 0.3 is 17.9 Å². The van der Waals surface area contributed by atoms with Gasteiger partial charge in [-0.3, -0.25) is 57.5 Å². The van der Waals surface area contributed by atoms with Crippen LogP contribution in [0.5, 0.6) is 0 Å². The zero-order valence-corrected chi connectivity index (χ0v) is 47.3. The predicted molar refractivity (Wildman–Crippen MR) is 289 cm³/mol. The van der Waals surface area contributed by atoms with Crippen molar-refractivity contribution in [2.24, 2.45) is 29.0 Å². The quantitative estimate of drug-likeness (QED) is 0.0334. The molecule has 3 rings (SSSR count). The Balaban J connectivity index is 2.19. The second-order valence-electron chi connectivity index (χ2n) is 21.2. The Bertz CT molecular complexity index is 2470. The van der Waals surface area contributed by atoms with E-state index in [9.17, 15) is 82.8 Å². The van der Waals surface area contributed by atoms with E-state index in [1.807, 2.05) is 0 Å². The molecule has 462 valence electrons. The number of carboxylic acid groups (broad SMARTS) is 2. The number of nitrogens with one attached hydrogen (secondary N) is 5. The average molecular weight is 1180 g/mol. The molecule has 2 heterocycles. The van der Waals surface area contributed by atoms with E-state index >= 15 is 0 Å². The van der Waals surface area contributed by atoms with Crippen LogP contribution < -0.4 is 43.8 Å². The second-order valence-corrected chi connectivity index (χ2v) is 21.2. The SMILES string of the molecule is CC(C)CCCCCCCCCCC(=O)NC1COC(=O)C(C(C)CC(=O)O)NC(=O)C(C(O)CC(N)=O)NC(=O)C(CC(N)=O)N(C)C(=O)C(Cc2ccccc2)N(C)C(=O)C(CC(=O)O)NC(=O)C2C(N)ON2C(=O)C(CO)NC1=O. The molecule has 83 heavy (non-hydrogen) atoms. The third-order valence-corrected chi connectivity index (χ3v) is 13.9. The number of esters is 1. The summed E-state index contributed by atoms with van der Waals surface area (Å²) in [5, 5.41) is 52.8. The molecule has 0 saturated carbocycles. The largest absolute Gasteiger partial charge is 0.481 e. The number of fused-ring (bicyclic) bond motifs is 1. The number of rotatable bonds is 25. The Morgan fingerprint density at radius 2 is 1.25 bits per heavy atom. The molecule has 2 fully saturated rings. The first kappa shape index (κ1) is 69.4. The van der Waals surface area contributed by atoms with Crippen LogP contribution in [0.2, 0.25) is 0 Å². The molecule has 11 unspecified atom stereocenters. The fraction of sp³-hybridized carbons (Fsp3) is 0.642. The first-order valence-corrected chi connectivity index (χ1v) is 27.4. The lowest BCUT2D eigenvalue weighted by Crippen LogP contribution is -2.73. The standard InChI is InChI=1S/C53H81N11O19/c1-28(2)17-13-10-8-6-7-9-11-16-20-39(69)57-33-27-82-53(81)42(29(3)21-40(70)71)60-48(76)43(36(66)25-38(55)68)61-47(75)34(24-37(54)67)62(4)52(80)35(22-30-18-14-12-15-19-30)63(5)50(78)31(23-41(72)73)58-49(77)44-45(56)83-64(44)51(79)32(26-65)59-46(33)74/h12,14-15,18-19,28-29,31-36,42-45,65-66H,6-11,13,16-17,20-27,56H2,1-5H3,(H2,54,67)(H2,55,68)(H,57,69)(H,58,77)(H,59,74)(H,60,76)(H,61,75)(H,70,71)(H,72,73). The number of likely N-dealkylation sites (N-methyl/N-ethyl adjacent to an activating group) is 2. The van der Waals surface area contributed by atoms with Gasteiger partial charge in [-0.15, -0.1) is 0 Å². The number of hydroxylamine groups is 2. The second kappa shape index (κ2) is 33.9. The molecule has 1 aromatic carbocycles. The van der Waals surface area contributed by atoms with Crippen LogP contribution in [0.15, 0.2) is 30.3 Å². The van der Waals surface area contributed by atoms with E-state index in [4.69, 9.17) is 26.8 Å². The van der Waals surface area contributed by atoms with Gasteiger partial charge < -0.3 is 78.7 Å². The highest BCUT2D eigenvalue weighted by Crippen LogP contribution is 2.23. The first-order valence-electron chi connectivity index (χ1n) is 27.4. The molecule has 0 bridgehead atoms. The summed E-state index contributed by atoms with van der Waals surface area (Å²) in [5.41, 5.74) is 17.2. The van der Waals surface area contributed by atoms with Crippen LogP contribution in [0.3, 0.4) is 0 Å². The molecule has 0 radical (unpaired) electrons. The highest BCUT2D eigenvalue weighted by molar-refractivity contribution is 6.00. The molecule has 30 nitrogen and oxygen atoms in total. The number of cyclic esters (lactones) is 1. The maximum absolute atomic E-state index is 14.8. The smallest absolute Gasteiger partial charge is 0.329 e. The molecule has 10 amide bonds. The molecule has 0 aromatic heterocycles. The lowest BCUT2D eigenvalue weighted by atomic mass is 9.97. The summed E-state index contributed by atoms with van der Waals surface area (Å²) in [5.74, 6) is -17.9. The fourth-order valence-electron chi connectivity index (χ4n) is 9.21. The molecule has 11 atom stereocenters. The summed E-state index contributed by atoms with van der Waals surface area (Å²) in [6.45, 7) is 3.16. The van der Waals surface area contributed by atoms with E-state index in [2.05, 4.69) is 40.4 Å². The number of carbonyl (C=O) groups excluding carboxylic acids is 11. The molecule has 30 heteroatoms. The van der Waals surface area contributed by atoms with E-state index in [0.717, 1.165) is 63.9 Å². The van der Waals surface area contributed by atoms with Gasteiger partial charge in [-0.1, -0.05) is 102 Å². The third kappa shape index (κ3) is 22.1. The molecule has 2 aliphatic heterocycles. The number of nitrogens with zero attached hydrogens (tertiary/aromatic N) is 3. The number of hydrogen-bond acceptors (Lipinski definition) is 18. The molecule has 0 spiro atoms. The number of benzene rings is 1. The summed E-state index contributed by atoms with van der Waals surface area (Å²) >= 11 is 0. The number of aliphatic carboxylic acids is 2. The number of primary amides is 2. The molecular formula is C53H81N11O19. The summed E-state index contributed by atoms with van der Waals surface area (Å²) in [6, 6.07) is -8.20. The number of aliphatic hydroxyl groups is 2. The van der Waals surface area contributed by atoms with E-state index in [1.54, 1.807) is 18.2 Å². The molecule has 1 aromatic rings. The van der Waals surface area contributed by atoms with Gasteiger partial charge in [0.25, 0.3) is 5.91 Å². The molecule has 2 aliphatic rings. The van der Waals surface area contributed by atoms with Crippen LogP contribution in [0.1, 0.15) is 116 Å². The van der Waals surface area contributed by atoms with Crippen molar-refractivity contribution in [3.8, 4) is 0 Å². The maximum atomic E-state index is 14.8. The maximum Gasteiger partial charge on any atom is 0.329 e. The van der Waals surface area contributed by atoms with Gasteiger partial charge in [0.1, 0.15) is 48.9 Å². The number of carboxylic acids is 2. The van der Waals surface area contributed by atoms with Crippen LogP contribution in [0.25, 0.3) is 0 Å². The molecular weight excluding hydrogens is 1090 g/mol. The minimum absolute atomic E-state index is 0.154. The van der Waals surface area contributed by atoms with Crippen LogP contribution in [0, 0.1) is 11.8 Å². The van der Waals surface area contributed by atoms with Crippen molar-refractivity contribution in [3.05, 3.63) is 35.9 Å². The Labute approximate surface area is 479 Å². The zero-order valence-electron chi connectivity index (χ0n) is 47.3. The third-order valence-electron chi connectivity index (χ3n) is 13.9. The van der Waals surface area contributed by atoms with Crippen LogP contribution in [-0.4, -0.2) is 200 Å². The predicted octanol–water partition coefficient (Wildman–Crippen LogP) is -3.46. The molecule has 2 saturated heterocycles. The van der Waals surface area contributed by atoms with Gasteiger partial charge in [0.15, 0.2) is 12.3 Å². The Kier molecular flexibility index (Phi) is 28.4. The first-order chi connectivity index (χ1) is 39.1. The van der Waals surface area contributed by atoms with Crippen molar-refractivity contribution in [2.45, 2.75) is 178 Å². The van der Waals surface area contributed by atoms with Crippen LogP contribution in [-0.2, 0) is 78.3 Å². The zero-order chi connectivity index (χ0) is 62.2. The lowest BCUT2D eigenvalue weighted by Gasteiger charge is -2.44. The van der Waals surface area contributed by atoms with E-state index < -0.39 is 182 Å². The number of amides is 10. The van der Waals surface area contributed by atoms with Crippen molar-refractivity contribution in [1.29, 1.82) is 0 Å². The number of aliphatic hydroxyl groups excluding tert-OH is 2. The fourth-order valence-corrected chi connectivity index (χ4v) is 9.21. The minimum atomic E-state index is -2.33. The van der Waals surface area contributed by atoms with Crippen LogP contribution >= 0.6 is 0 Å². The summed E-state index contributed by atoms with van der Waals surface area (Å²) in [7, 11) is 2.03. The van der Waals surface area contributed by atoms with Crippen molar-refractivity contribution in [1.82, 2.24) is 41.4 Å². The van der Waals surface area contributed by atoms with Crippen LogP contribution in [0.4, 0.5) is 0 Å². The van der Waals surface area contributed by atoms with Gasteiger partial charge in [0.05, 0.1) is 38.4 Å². The highest BCUT2D eigenvalue weighted by Gasteiger charge is 2.51. The van der Waals surface area contributed by atoms with Gasteiger partial charge in [-0.25, -0.2) is 14.7 Å². The highest BCUT2D eigenvalue weighted by atomic mass is 16.7. The van der Waals surface area contributed by atoms with E-state index in [-0.39, 0.29) is 12.8 Å². The van der Waals surface area contributed by atoms with Crippen molar-refractivity contribution < 1.29 is 92.3 Å². The minimum Gasteiger partial charge on any atom is -0.481 e. The van der Waals surface area contributed by atoms with Gasteiger partial charge in [-0.05, 0) is 23.8 Å². The molecule has 0 aliphatic carbocycles. The van der Waals surface area contributed by atoms with Gasteiger partial charge in [-0.2, -0.15) is 0 Å². The topological polar surface area (TPSA) is 469 Å². The van der Waals surface area contributed by atoms with E-state index in [0.29, 0.717) is 34.3 Å². The Hall–Kier alpha value is -7.83. The lowest BCUT2D eigenvalue weighted by molar-refractivity contribution is -0.307. The monoisotopic (exact) mass is 1180 g/mol. The van der Waals surface area contributed by atoms with Gasteiger partial charge in [0.2, 0.25) is 53.2 Å².